The summed E-state index contributed by atoms with van der Waals surface area (Å²) in [6.07, 6.45) is 3.61. The number of carbonyl (C=O) groups is 1. The zero-order valence-electron chi connectivity index (χ0n) is 16.2. The average Bonchev–Trinajstić information content (AvgIpc) is 2.61. The maximum atomic E-state index is 12.7. The van der Waals surface area contributed by atoms with Crippen LogP contribution in [0.3, 0.4) is 0 Å². The van der Waals surface area contributed by atoms with E-state index in [0.717, 1.165) is 24.6 Å². The molecule has 1 aliphatic heterocycles. The second-order valence-electron chi connectivity index (χ2n) is 7.99. The molecule has 0 unspecified atom stereocenters. The molecule has 2 heterocycles. The fourth-order valence-electron chi connectivity index (χ4n) is 3.20. The van der Waals surface area contributed by atoms with Crippen LogP contribution in [-0.2, 0) is 5.41 Å². The number of hydrogen-bond donors (Lipinski definition) is 1. The predicted octanol–water partition coefficient (Wildman–Crippen LogP) is 4.33. The van der Waals surface area contributed by atoms with Crippen molar-refractivity contribution in [2.45, 2.75) is 52.4 Å². The number of nitrogens with one attached hydrogen (secondary N) is 1. The summed E-state index contributed by atoms with van der Waals surface area (Å²) in [6.45, 7) is 10.3. The van der Waals surface area contributed by atoms with E-state index in [4.69, 9.17) is 0 Å². The zero-order chi connectivity index (χ0) is 18.7. The highest BCUT2D eigenvalue weighted by Gasteiger charge is 2.17. The van der Waals surface area contributed by atoms with Gasteiger partial charge >= 0.3 is 0 Å². The molecule has 0 radical (unpaired) electrons. The van der Waals surface area contributed by atoms with Crippen LogP contribution in [0.2, 0.25) is 0 Å². The SMILES string of the molecule is Cc1nc(C(=O)Nc2ccc(C(C)(C)C)cc2)cc(N2CCCCC2)n1. The molecule has 1 fully saturated rings. The van der Waals surface area contributed by atoms with Crippen LogP contribution >= 0.6 is 0 Å². The number of aryl methyl sites for hydroxylation is 1. The summed E-state index contributed by atoms with van der Waals surface area (Å²) in [5, 5.41) is 2.95. The van der Waals surface area contributed by atoms with Crippen molar-refractivity contribution in [2.24, 2.45) is 0 Å². The minimum atomic E-state index is -0.197. The molecule has 2 aromatic rings. The largest absolute Gasteiger partial charge is 0.356 e. The van der Waals surface area contributed by atoms with Gasteiger partial charge < -0.3 is 10.2 Å². The lowest BCUT2D eigenvalue weighted by Gasteiger charge is -2.28. The van der Waals surface area contributed by atoms with Crippen molar-refractivity contribution in [3.63, 3.8) is 0 Å². The highest BCUT2D eigenvalue weighted by molar-refractivity contribution is 6.03. The van der Waals surface area contributed by atoms with E-state index in [1.54, 1.807) is 6.07 Å². The Kier molecular flexibility index (Phi) is 5.25. The van der Waals surface area contributed by atoms with E-state index in [-0.39, 0.29) is 11.3 Å². The van der Waals surface area contributed by atoms with Crippen molar-refractivity contribution in [3.8, 4) is 0 Å². The van der Waals surface area contributed by atoms with Gasteiger partial charge in [0.15, 0.2) is 0 Å². The van der Waals surface area contributed by atoms with E-state index in [9.17, 15) is 4.79 Å². The van der Waals surface area contributed by atoms with Gasteiger partial charge in [0, 0.05) is 24.8 Å². The Labute approximate surface area is 155 Å². The number of nitrogens with zero attached hydrogens (tertiary/aromatic N) is 3. The fourth-order valence-corrected chi connectivity index (χ4v) is 3.20. The highest BCUT2D eigenvalue weighted by atomic mass is 16.1. The number of benzene rings is 1. The van der Waals surface area contributed by atoms with E-state index < -0.39 is 0 Å². The van der Waals surface area contributed by atoms with Gasteiger partial charge in [-0.3, -0.25) is 4.79 Å². The molecule has 5 nitrogen and oxygen atoms in total. The minimum absolute atomic E-state index is 0.0929. The molecule has 0 bridgehead atoms. The van der Waals surface area contributed by atoms with Crippen molar-refractivity contribution in [1.82, 2.24) is 9.97 Å². The molecule has 0 atom stereocenters. The molecule has 138 valence electrons. The van der Waals surface area contributed by atoms with Gasteiger partial charge in [-0.05, 0) is 49.3 Å². The van der Waals surface area contributed by atoms with Gasteiger partial charge in [0.25, 0.3) is 5.91 Å². The minimum Gasteiger partial charge on any atom is -0.356 e. The number of amides is 1. The summed E-state index contributed by atoms with van der Waals surface area (Å²) in [6, 6.07) is 9.80. The van der Waals surface area contributed by atoms with Crippen LogP contribution in [0.5, 0.6) is 0 Å². The van der Waals surface area contributed by atoms with Crippen LogP contribution in [0.25, 0.3) is 0 Å². The number of aromatic nitrogens is 2. The maximum Gasteiger partial charge on any atom is 0.274 e. The molecule has 1 amide bonds. The van der Waals surface area contributed by atoms with Gasteiger partial charge in [0.2, 0.25) is 0 Å². The van der Waals surface area contributed by atoms with Crippen molar-refractivity contribution in [2.75, 3.05) is 23.3 Å². The van der Waals surface area contributed by atoms with Crippen LogP contribution in [0, 0.1) is 6.92 Å². The number of carbonyl (C=O) groups excluding carboxylic acids is 1. The number of hydrogen-bond acceptors (Lipinski definition) is 4. The van der Waals surface area contributed by atoms with Crippen molar-refractivity contribution in [1.29, 1.82) is 0 Å². The van der Waals surface area contributed by atoms with Crippen LogP contribution < -0.4 is 10.2 Å². The summed E-state index contributed by atoms with van der Waals surface area (Å²) in [5.41, 5.74) is 2.52. The average molecular weight is 352 g/mol. The Morgan fingerprint density at radius 2 is 1.69 bits per heavy atom. The second kappa shape index (κ2) is 7.44. The third-order valence-electron chi connectivity index (χ3n) is 4.75. The summed E-state index contributed by atoms with van der Waals surface area (Å²) < 4.78 is 0. The Morgan fingerprint density at radius 3 is 2.31 bits per heavy atom. The molecule has 26 heavy (non-hydrogen) atoms. The molecular weight excluding hydrogens is 324 g/mol. The quantitative estimate of drug-likeness (QED) is 0.893. The van der Waals surface area contributed by atoms with Gasteiger partial charge in [-0.25, -0.2) is 9.97 Å². The van der Waals surface area contributed by atoms with Crippen molar-refractivity contribution in [3.05, 3.63) is 47.4 Å². The van der Waals surface area contributed by atoms with E-state index in [1.165, 1.54) is 24.8 Å². The molecule has 1 N–H and O–H groups in total. The van der Waals surface area contributed by atoms with E-state index >= 15 is 0 Å². The van der Waals surface area contributed by atoms with Gasteiger partial charge in [-0.2, -0.15) is 0 Å². The van der Waals surface area contributed by atoms with E-state index in [1.807, 2.05) is 19.1 Å². The Morgan fingerprint density at radius 1 is 1.04 bits per heavy atom. The fraction of sp³-hybridized carbons (Fsp3) is 0.476. The number of rotatable bonds is 3. The third-order valence-corrected chi connectivity index (χ3v) is 4.75. The molecule has 0 saturated carbocycles. The lowest BCUT2D eigenvalue weighted by Crippen LogP contribution is -2.31. The van der Waals surface area contributed by atoms with Crippen molar-refractivity contribution >= 4 is 17.4 Å². The van der Waals surface area contributed by atoms with Crippen LogP contribution in [0.15, 0.2) is 30.3 Å². The monoisotopic (exact) mass is 352 g/mol. The topological polar surface area (TPSA) is 58.1 Å². The summed E-state index contributed by atoms with van der Waals surface area (Å²) in [5.74, 6) is 1.28. The highest BCUT2D eigenvalue weighted by Crippen LogP contribution is 2.24. The van der Waals surface area contributed by atoms with Crippen LogP contribution in [0.1, 0.15) is 61.9 Å². The zero-order valence-corrected chi connectivity index (χ0v) is 16.2. The first-order valence-electron chi connectivity index (χ1n) is 9.35. The summed E-state index contributed by atoms with van der Waals surface area (Å²) in [4.78, 5) is 23.8. The standard InChI is InChI=1S/C21H28N4O/c1-15-22-18(14-19(23-15)25-12-6-5-7-13-25)20(26)24-17-10-8-16(9-11-17)21(2,3)4/h8-11,14H,5-7,12-13H2,1-4H3,(H,24,26). The molecule has 3 rings (SSSR count). The van der Waals surface area contributed by atoms with E-state index in [0.29, 0.717) is 11.5 Å². The molecule has 1 aromatic heterocycles. The van der Waals surface area contributed by atoms with Gasteiger partial charge in [-0.1, -0.05) is 32.9 Å². The Bertz CT molecular complexity index is 772. The third kappa shape index (κ3) is 4.40. The molecule has 0 aliphatic carbocycles. The molecule has 1 aliphatic rings. The molecule has 5 heteroatoms. The summed E-state index contributed by atoms with van der Waals surface area (Å²) in [7, 11) is 0. The Hall–Kier alpha value is -2.43. The van der Waals surface area contributed by atoms with Gasteiger partial charge in [-0.15, -0.1) is 0 Å². The first-order valence-corrected chi connectivity index (χ1v) is 9.35. The molecule has 0 spiro atoms. The lowest BCUT2D eigenvalue weighted by molar-refractivity contribution is 0.102. The molecule has 1 saturated heterocycles. The lowest BCUT2D eigenvalue weighted by atomic mass is 9.87. The van der Waals surface area contributed by atoms with E-state index in [2.05, 4.69) is 53.1 Å². The second-order valence-corrected chi connectivity index (χ2v) is 7.99. The van der Waals surface area contributed by atoms with Crippen LogP contribution in [-0.4, -0.2) is 29.0 Å². The normalized spacial score (nSPS) is 15.0. The first kappa shape index (κ1) is 18.4. The Balaban J connectivity index is 1.76. The molecular formula is C21H28N4O. The molecule has 1 aromatic carbocycles. The summed E-state index contributed by atoms with van der Waals surface area (Å²) >= 11 is 0. The van der Waals surface area contributed by atoms with Crippen molar-refractivity contribution < 1.29 is 4.79 Å². The van der Waals surface area contributed by atoms with Gasteiger partial charge in [0.05, 0.1) is 0 Å². The van der Waals surface area contributed by atoms with Crippen LogP contribution in [0.4, 0.5) is 11.5 Å². The number of anilines is 2. The maximum absolute atomic E-state index is 12.7. The number of piperidine rings is 1. The van der Waals surface area contributed by atoms with Gasteiger partial charge in [0.1, 0.15) is 17.3 Å². The smallest absolute Gasteiger partial charge is 0.274 e. The first-order chi connectivity index (χ1) is 12.3. The predicted molar refractivity (Wildman–Crippen MR) is 106 cm³/mol.